The van der Waals surface area contributed by atoms with E-state index in [9.17, 15) is 9.59 Å². The summed E-state index contributed by atoms with van der Waals surface area (Å²) in [7, 11) is 4.09. The minimum absolute atomic E-state index is 0.00443. The minimum Gasteiger partial charge on any atom is -0.481 e. The van der Waals surface area contributed by atoms with Crippen LogP contribution in [0.15, 0.2) is 12.2 Å². The van der Waals surface area contributed by atoms with Gasteiger partial charge in [0, 0.05) is 12.8 Å². The van der Waals surface area contributed by atoms with Crippen molar-refractivity contribution in [1.29, 1.82) is 0 Å². The molecule has 39 heavy (non-hydrogen) atoms. The lowest BCUT2D eigenvalue weighted by Crippen LogP contribution is -2.20. The number of aliphatic carboxylic acids is 1. The Bertz CT molecular complexity index is 576. The van der Waals surface area contributed by atoms with Gasteiger partial charge in [-0.3, -0.25) is 9.59 Å². The number of nitrogens with zero attached hydrogens (tertiary/aromatic N) is 1. The number of unbranched alkanes of at least 4 members (excludes halogenated alkanes) is 17. The fourth-order valence-corrected chi connectivity index (χ4v) is 5.02. The molecule has 0 saturated carbocycles. The molecule has 0 aromatic rings. The largest absolute Gasteiger partial charge is 0.481 e. The Hall–Kier alpha value is -1.36. The molecule has 1 atom stereocenters. The van der Waals surface area contributed by atoms with E-state index < -0.39 is 5.97 Å². The first-order valence-electron chi connectivity index (χ1n) is 16.7. The lowest BCUT2D eigenvalue weighted by atomic mass is 10.0. The summed E-state index contributed by atoms with van der Waals surface area (Å²) in [6, 6.07) is 0. The van der Waals surface area contributed by atoms with Crippen molar-refractivity contribution in [3.63, 3.8) is 0 Å². The van der Waals surface area contributed by atoms with Crippen LogP contribution in [-0.2, 0) is 14.3 Å². The average molecular weight is 552 g/mol. The summed E-state index contributed by atoms with van der Waals surface area (Å²) in [6.07, 6.45) is 33.1. The predicted molar refractivity (Wildman–Crippen MR) is 166 cm³/mol. The van der Waals surface area contributed by atoms with Gasteiger partial charge in [0.1, 0.15) is 6.10 Å². The van der Waals surface area contributed by atoms with Gasteiger partial charge in [0.2, 0.25) is 0 Å². The first kappa shape index (κ1) is 37.6. The smallest absolute Gasteiger partial charge is 0.306 e. The quantitative estimate of drug-likeness (QED) is 0.0546. The Morgan fingerprint density at radius 1 is 0.641 bits per heavy atom. The minimum atomic E-state index is -0.673. The van der Waals surface area contributed by atoms with Crippen LogP contribution in [0.1, 0.15) is 167 Å². The molecule has 0 amide bonds. The molecule has 0 rings (SSSR count). The molecule has 1 unspecified atom stereocenters. The number of carboxylic acids is 1. The standard InChI is InChI=1S/C34H65NO4/c1-4-5-6-20-23-27-32(39-34(38)30-26-31-35(2)3)28-24-21-18-16-14-12-10-8-7-9-11-13-15-17-19-22-25-29-33(36)37/h9,11,32H,4-8,10,12-31H2,1-3H3,(H,36,37). The van der Waals surface area contributed by atoms with Gasteiger partial charge in [-0.15, -0.1) is 0 Å². The van der Waals surface area contributed by atoms with Crippen LogP contribution in [-0.4, -0.2) is 48.7 Å². The second kappa shape index (κ2) is 29.6. The highest BCUT2D eigenvalue weighted by molar-refractivity contribution is 5.69. The van der Waals surface area contributed by atoms with Gasteiger partial charge in [0.05, 0.1) is 0 Å². The van der Waals surface area contributed by atoms with Gasteiger partial charge in [0.25, 0.3) is 0 Å². The molecule has 0 heterocycles. The Kier molecular flexibility index (Phi) is 28.6. The molecular weight excluding hydrogens is 486 g/mol. The van der Waals surface area contributed by atoms with Crippen LogP contribution in [0, 0.1) is 0 Å². The van der Waals surface area contributed by atoms with Crippen LogP contribution >= 0.6 is 0 Å². The van der Waals surface area contributed by atoms with E-state index in [2.05, 4.69) is 24.0 Å². The van der Waals surface area contributed by atoms with Crippen LogP contribution in [0.2, 0.25) is 0 Å². The van der Waals surface area contributed by atoms with Crippen LogP contribution in [0.5, 0.6) is 0 Å². The highest BCUT2D eigenvalue weighted by Gasteiger charge is 2.14. The first-order valence-corrected chi connectivity index (χ1v) is 16.7. The van der Waals surface area contributed by atoms with Crippen molar-refractivity contribution in [1.82, 2.24) is 4.90 Å². The number of allylic oxidation sites excluding steroid dienone is 2. The zero-order valence-corrected chi connectivity index (χ0v) is 26.2. The van der Waals surface area contributed by atoms with Gasteiger partial charge in [-0.2, -0.15) is 0 Å². The van der Waals surface area contributed by atoms with Crippen LogP contribution < -0.4 is 0 Å². The van der Waals surface area contributed by atoms with Gasteiger partial charge < -0.3 is 14.7 Å². The van der Waals surface area contributed by atoms with Gasteiger partial charge in [-0.1, -0.05) is 103 Å². The van der Waals surface area contributed by atoms with Crippen molar-refractivity contribution >= 4 is 11.9 Å². The fraction of sp³-hybridized carbons (Fsp3) is 0.882. The molecule has 0 aromatic carbocycles. The molecule has 0 bridgehead atoms. The summed E-state index contributed by atoms with van der Waals surface area (Å²) in [4.78, 5) is 24.9. The molecule has 0 aliphatic carbocycles. The second-order valence-electron chi connectivity index (χ2n) is 11.8. The highest BCUT2D eigenvalue weighted by atomic mass is 16.5. The van der Waals surface area contributed by atoms with E-state index in [-0.39, 0.29) is 12.1 Å². The lowest BCUT2D eigenvalue weighted by molar-refractivity contribution is -0.150. The van der Waals surface area contributed by atoms with Crippen molar-refractivity contribution in [2.75, 3.05) is 20.6 Å². The summed E-state index contributed by atoms with van der Waals surface area (Å²) >= 11 is 0. The number of carbonyl (C=O) groups is 2. The summed E-state index contributed by atoms with van der Waals surface area (Å²) in [5.74, 6) is -0.678. The number of esters is 1. The van der Waals surface area contributed by atoms with Crippen LogP contribution in [0.4, 0.5) is 0 Å². The summed E-state index contributed by atoms with van der Waals surface area (Å²) in [6.45, 7) is 3.19. The van der Waals surface area contributed by atoms with Gasteiger partial charge in [-0.05, 0) is 84.8 Å². The zero-order chi connectivity index (χ0) is 28.8. The zero-order valence-electron chi connectivity index (χ0n) is 26.2. The lowest BCUT2D eigenvalue weighted by Gasteiger charge is -2.18. The number of rotatable bonds is 30. The number of hydrogen-bond acceptors (Lipinski definition) is 4. The molecule has 0 aromatic heterocycles. The third-order valence-electron chi connectivity index (χ3n) is 7.49. The first-order chi connectivity index (χ1) is 19.0. The maximum Gasteiger partial charge on any atom is 0.306 e. The molecule has 0 saturated heterocycles. The maximum absolute atomic E-state index is 12.3. The number of ether oxygens (including phenoxy) is 1. The van der Waals surface area contributed by atoms with Crippen LogP contribution in [0.3, 0.4) is 0 Å². The van der Waals surface area contributed by atoms with Crippen molar-refractivity contribution in [2.45, 2.75) is 174 Å². The molecular formula is C34H65NO4. The van der Waals surface area contributed by atoms with Crippen molar-refractivity contribution in [3.8, 4) is 0 Å². The number of carboxylic acid groups (broad SMARTS) is 1. The second-order valence-corrected chi connectivity index (χ2v) is 11.8. The molecule has 0 fully saturated rings. The van der Waals surface area contributed by atoms with Crippen molar-refractivity contribution in [2.24, 2.45) is 0 Å². The van der Waals surface area contributed by atoms with Gasteiger partial charge >= 0.3 is 11.9 Å². The summed E-state index contributed by atoms with van der Waals surface area (Å²) in [5.41, 5.74) is 0. The highest BCUT2D eigenvalue weighted by Crippen LogP contribution is 2.18. The Morgan fingerprint density at radius 3 is 1.59 bits per heavy atom. The van der Waals surface area contributed by atoms with Gasteiger partial charge in [0.15, 0.2) is 0 Å². The molecule has 230 valence electrons. The number of hydrogen-bond donors (Lipinski definition) is 1. The third kappa shape index (κ3) is 31.0. The molecule has 5 nitrogen and oxygen atoms in total. The number of carbonyl (C=O) groups excluding carboxylic acids is 1. The third-order valence-corrected chi connectivity index (χ3v) is 7.49. The fourth-order valence-electron chi connectivity index (χ4n) is 5.02. The van der Waals surface area contributed by atoms with Crippen molar-refractivity contribution < 1.29 is 19.4 Å². The molecule has 1 N–H and O–H groups in total. The monoisotopic (exact) mass is 551 g/mol. The van der Waals surface area contributed by atoms with Crippen LogP contribution in [0.25, 0.3) is 0 Å². The van der Waals surface area contributed by atoms with E-state index >= 15 is 0 Å². The van der Waals surface area contributed by atoms with E-state index in [1.54, 1.807) is 0 Å². The Balaban J connectivity index is 3.72. The molecule has 0 radical (unpaired) electrons. The van der Waals surface area contributed by atoms with E-state index in [0.717, 1.165) is 51.5 Å². The van der Waals surface area contributed by atoms with E-state index in [0.29, 0.717) is 12.8 Å². The SMILES string of the molecule is CCCCCCCC(CCCCCCCCCCC=CCCCCCCCC(=O)O)OC(=O)CCCN(C)C. The van der Waals surface area contributed by atoms with Gasteiger partial charge in [-0.25, -0.2) is 0 Å². The topological polar surface area (TPSA) is 66.8 Å². The van der Waals surface area contributed by atoms with E-state index in [1.165, 1.54) is 103 Å². The molecule has 0 spiro atoms. The molecule has 0 aliphatic heterocycles. The summed E-state index contributed by atoms with van der Waals surface area (Å²) in [5, 5.41) is 8.63. The van der Waals surface area contributed by atoms with E-state index in [1.807, 2.05) is 14.1 Å². The summed E-state index contributed by atoms with van der Waals surface area (Å²) < 4.78 is 5.90. The molecule has 0 aliphatic rings. The average Bonchev–Trinajstić information content (AvgIpc) is 2.89. The molecule has 5 heteroatoms. The Labute approximate surface area is 242 Å². The normalized spacial score (nSPS) is 12.4. The van der Waals surface area contributed by atoms with E-state index in [4.69, 9.17) is 9.84 Å². The Morgan fingerprint density at radius 2 is 1.10 bits per heavy atom. The predicted octanol–water partition coefficient (Wildman–Crippen LogP) is 9.87. The van der Waals surface area contributed by atoms with Crippen molar-refractivity contribution in [3.05, 3.63) is 12.2 Å². The maximum atomic E-state index is 12.3.